The first-order chi connectivity index (χ1) is 14.4. The van der Waals surface area contributed by atoms with Crippen molar-refractivity contribution in [1.29, 1.82) is 0 Å². The maximum Gasteiger partial charge on any atom is 0.356 e. The first-order valence-electron chi connectivity index (χ1n) is 8.62. The number of aliphatic hydroxyl groups excluding tert-OH is 1. The number of nitrogens with one attached hydrogen (secondary N) is 1. The fourth-order valence-corrected chi connectivity index (χ4v) is 2.91. The van der Waals surface area contributed by atoms with Crippen LogP contribution in [-0.4, -0.2) is 53.5 Å². The number of amidine groups is 1. The summed E-state index contributed by atoms with van der Waals surface area (Å²) in [6.07, 6.45) is 0. The second kappa shape index (κ2) is 9.25. The molecule has 0 saturated heterocycles. The van der Waals surface area contributed by atoms with Crippen molar-refractivity contribution >= 4 is 46.2 Å². The number of hydrogen-bond acceptors (Lipinski definition) is 9. The molecule has 0 spiro atoms. The molecule has 0 radical (unpaired) electrons. The molecule has 2 aromatic carbocycles. The molecule has 3 rings (SSSR count). The quantitative estimate of drug-likeness (QED) is 0.323. The Balaban J connectivity index is 2.08. The van der Waals surface area contributed by atoms with Crippen molar-refractivity contribution in [3.05, 3.63) is 68.7 Å². The zero-order valence-electron chi connectivity index (χ0n) is 15.7. The second-order valence-electron chi connectivity index (χ2n) is 5.98. The van der Waals surface area contributed by atoms with Gasteiger partial charge < -0.3 is 9.84 Å². The number of esters is 1. The van der Waals surface area contributed by atoms with Crippen molar-refractivity contribution < 1.29 is 19.6 Å². The van der Waals surface area contributed by atoms with Gasteiger partial charge in [-0.2, -0.15) is 5.10 Å². The van der Waals surface area contributed by atoms with Crippen LogP contribution in [0.25, 0.3) is 0 Å². The molecule has 0 unspecified atom stereocenters. The van der Waals surface area contributed by atoms with Gasteiger partial charge in [-0.3, -0.25) is 20.5 Å². The number of rotatable bonds is 5. The summed E-state index contributed by atoms with van der Waals surface area (Å²) in [4.78, 5) is 31.2. The molecule has 10 nitrogen and oxygen atoms in total. The minimum Gasteiger partial charge on any atom is -0.464 e. The summed E-state index contributed by atoms with van der Waals surface area (Å²) < 4.78 is 4.53. The Morgan fingerprint density at radius 3 is 2.77 bits per heavy atom. The molecule has 0 aliphatic carbocycles. The number of nitrogens with zero attached hydrogens (tertiary/aromatic N) is 4. The highest BCUT2D eigenvalue weighted by atomic mass is 35.5. The second-order valence-corrected chi connectivity index (χ2v) is 6.39. The predicted molar refractivity (Wildman–Crippen MR) is 112 cm³/mol. The van der Waals surface area contributed by atoms with Gasteiger partial charge in [-0.15, -0.1) is 0 Å². The van der Waals surface area contributed by atoms with E-state index in [9.17, 15) is 20.0 Å². The monoisotopic (exact) mass is 429 g/mol. The van der Waals surface area contributed by atoms with E-state index < -0.39 is 17.5 Å². The molecule has 2 aromatic rings. The summed E-state index contributed by atoms with van der Waals surface area (Å²) in [5.41, 5.74) is 4.13. The van der Waals surface area contributed by atoms with Gasteiger partial charge in [0, 0.05) is 28.3 Å². The average molecular weight is 430 g/mol. The van der Waals surface area contributed by atoms with Crippen molar-refractivity contribution in [1.82, 2.24) is 5.43 Å². The predicted octanol–water partition coefficient (Wildman–Crippen LogP) is 2.24. The van der Waals surface area contributed by atoms with Gasteiger partial charge in [0.25, 0.3) is 5.69 Å². The maximum absolute atomic E-state index is 11.6. The zero-order chi connectivity index (χ0) is 21.7. The maximum atomic E-state index is 11.6. The molecule has 0 atom stereocenters. The van der Waals surface area contributed by atoms with Gasteiger partial charge in [0.2, 0.25) is 0 Å². The number of fused-ring (bicyclic) bond motifs is 1. The Bertz CT molecular complexity index is 1100. The molecule has 0 aromatic heterocycles. The minimum atomic E-state index is -0.810. The number of carbonyl (C=O) groups is 1. The van der Waals surface area contributed by atoms with Crippen LogP contribution < -0.4 is 5.43 Å². The van der Waals surface area contributed by atoms with Crippen LogP contribution in [0.3, 0.4) is 0 Å². The molecule has 0 bridgehead atoms. The fraction of sp³-hybridized carbons (Fsp3) is 0.158. The van der Waals surface area contributed by atoms with E-state index in [-0.39, 0.29) is 29.5 Å². The molecule has 0 amide bonds. The number of carbonyl (C=O) groups excluding carboxylic acids is 1. The van der Waals surface area contributed by atoms with Crippen LogP contribution in [-0.2, 0) is 9.53 Å². The third-order valence-electron chi connectivity index (χ3n) is 4.11. The van der Waals surface area contributed by atoms with Crippen LogP contribution >= 0.6 is 11.6 Å². The molecule has 2 N–H and O–H groups in total. The Labute approximate surface area is 175 Å². The van der Waals surface area contributed by atoms with Gasteiger partial charge in [0.05, 0.1) is 36.6 Å². The van der Waals surface area contributed by atoms with Crippen molar-refractivity contribution in [2.75, 3.05) is 20.3 Å². The Morgan fingerprint density at radius 1 is 1.33 bits per heavy atom. The molecule has 1 heterocycles. The summed E-state index contributed by atoms with van der Waals surface area (Å²) in [6, 6.07) is 11.3. The standard InChI is InChI=1S/C19H16ClN5O5/c1-30-19(27)16(10-26)23-24-17-9-21-18(12-4-2-3-5-14(12)20)13-7-6-11(25(28)29)8-15(13)22-17/h2-8,26H,9-10H2,1H3,(H,22,24). The van der Waals surface area contributed by atoms with E-state index in [4.69, 9.17) is 11.6 Å². The molecular weight excluding hydrogens is 414 g/mol. The third-order valence-corrected chi connectivity index (χ3v) is 4.44. The van der Waals surface area contributed by atoms with Gasteiger partial charge >= 0.3 is 5.97 Å². The van der Waals surface area contributed by atoms with Crippen LogP contribution in [0.2, 0.25) is 5.02 Å². The highest BCUT2D eigenvalue weighted by Gasteiger charge is 2.21. The highest BCUT2D eigenvalue weighted by Crippen LogP contribution is 2.31. The summed E-state index contributed by atoms with van der Waals surface area (Å²) in [5, 5.41) is 24.7. The van der Waals surface area contributed by atoms with Crippen molar-refractivity contribution in [3.8, 4) is 0 Å². The van der Waals surface area contributed by atoms with Gasteiger partial charge in [-0.05, 0) is 12.1 Å². The number of benzene rings is 2. The number of aliphatic hydroxyl groups is 1. The van der Waals surface area contributed by atoms with Crippen LogP contribution in [0.15, 0.2) is 57.6 Å². The van der Waals surface area contributed by atoms with E-state index in [1.165, 1.54) is 12.1 Å². The first kappa shape index (κ1) is 21.1. The number of halogens is 1. The zero-order valence-corrected chi connectivity index (χ0v) is 16.5. The molecule has 154 valence electrons. The van der Waals surface area contributed by atoms with Gasteiger partial charge in [-0.25, -0.2) is 9.79 Å². The van der Waals surface area contributed by atoms with E-state index >= 15 is 0 Å². The van der Waals surface area contributed by atoms with E-state index in [2.05, 4.69) is 25.2 Å². The number of nitro groups is 1. The average Bonchev–Trinajstić information content (AvgIpc) is 2.93. The molecule has 0 fully saturated rings. The molecule has 0 saturated carbocycles. The van der Waals surface area contributed by atoms with E-state index in [0.29, 0.717) is 21.9 Å². The largest absolute Gasteiger partial charge is 0.464 e. The number of hydrazone groups is 1. The van der Waals surface area contributed by atoms with E-state index in [0.717, 1.165) is 7.11 Å². The third kappa shape index (κ3) is 4.50. The molecule has 30 heavy (non-hydrogen) atoms. The van der Waals surface area contributed by atoms with Crippen LogP contribution in [0, 0.1) is 10.1 Å². The molecule has 1 aliphatic rings. The van der Waals surface area contributed by atoms with Crippen LogP contribution in [0.5, 0.6) is 0 Å². The van der Waals surface area contributed by atoms with Crippen LogP contribution in [0.4, 0.5) is 11.4 Å². The normalized spacial score (nSPS) is 13.5. The lowest BCUT2D eigenvalue weighted by atomic mass is 10.00. The Hall–Kier alpha value is -3.63. The van der Waals surface area contributed by atoms with Crippen molar-refractivity contribution in [3.63, 3.8) is 0 Å². The fourth-order valence-electron chi connectivity index (χ4n) is 2.69. The van der Waals surface area contributed by atoms with Crippen molar-refractivity contribution in [2.45, 2.75) is 0 Å². The Morgan fingerprint density at radius 2 is 2.10 bits per heavy atom. The van der Waals surface area contributed by atoms with Gasteiger partial charge in [0.15, 0.2) is 5.71 Å². The number of ether oxygens (including phenoxy) is 1. The molecular formula is C19H16ClN5O5. The smallest absolute Gasteiger partial charge is 0.356 e. The lowest BCUT2D eigenvalue weighted by molar-refractivity contribution is -0.384. The molecule has 1 aliphatic heterocycles. The number of methoxy groups -OCH3 is 1. The summed E-state index contributed by atoms with van der Waals surface area (Å²) >= 11 is 6.32. The topological polar surface area (TPSA) is 139 Å². The summed E-state index contributed by atoms with van der Waals surface area (Å²) in [6.45, 7) is -0.629. The SMILES string of the molecule is COC(=O)C(CO)=NNC1=Nc2cc([N+](=O)[O-])ccc2C(c2ccccc2Cl)=NC1. The van der Waals surface area contributed by atoms with Crippen LogP contribution in [0.1, 0.15) is 11.1 Å². The Kier molecular flexibility index (Phi) is 6.50. The van der Waals surface area contributed by atoms with E-state index in [1.807, 2.05) is 0 Å². The highest BCUT2D eigenvalue weighted by molar-refractivity contribution is 6.37. The number of aliphatic imine (C=N–C) groups is 2. The van der Waals surface area contributed by atoms with Gasteiger partial charge in [0.1, 0.15) is 5.84 Å². The lowest BCUT2D eigenvalue weighted by Crippen LogP contribution is -2.27. The van der Waals surface area contributed by atoms with Gasteiger partial charge in [-0.1, -0.05) is 29.8 Å². The lowest BCUT2D eigenvalue weighted by Gasteiger charge is -2.09. The first-order valence-corrected chi connectivity index (χ1v) is 9.00. The number of nitro benzene ring substituents is 1. The minimum absolute atomic E-state index is 0.0203. The summed E-state index contributed by atoms with van der Waals surface area (Å²) in [5.74, 6) is -0.607. The number of non-ortho nitro benzene ring substituents is 1. The molecule has 11 heteroatoms. The van der Waals surface area contributed by atoms with E-state index in [1.54, 1.807) is 30.3 Å². The number of hydrogen-bond donors (Lipinski definition) is 2. The summed E-state index contributed by atoms with van der Waals surface area (Å²) in [7, 11) is 1.16. The van der Waals surface area contributed by atoms with Crippen molar-refractivity contribution in [2.24, 2.45) is 15.1 Å².